The van der Waals surface area contributed by atoms with Crippen LogP contribution in [0.2, 0.25) is 0 Å². The van der Waals surface area contributed by atoms with Gasteiger partial charge in [-0.3, -0.25) is 0 Å². The van der Waals surface area contributed by atoms with Gasteiger partial charge in [-0.1, -0.05) is 48.5 Å². The molecule has 106 valence electrons. The maximum Gasteiger partial charge on any atom is 0.212 e. The van der Waals surface area contributed by atoms with Gasteiger partial charge in [0.05, 0.1) is 5.75 Å². The molecule has 2 rings (SSSR count). The average Bonchev–Trinajstić information content (AvgIpc) is 2.46. The molecule has 0 saturated heterocycles. The Morgan fingerprint density at radius 2 is 1.60 bits per heavy atom. The van der Waals surface area contributed by atoms with Gasteiger partial charge in [0.25, 0.3) is 0 Å². The van der Waals surface area contributed by atoms with Crippen LogP contribution in [0.3, 0.4) is 0 Å². The molecule has 5 heteroatoms. The van der Waals surface area contributed by atoms with Crippen molar-refractivity contribution in [3.05, 3.63) is 65.7 Å². The first-order valence-electron chi connectivity index (χ1n) is 6.41. The summed E-state index contributed by atoms with van der Waals surface area (Å²) in [6.45, 7) is 0.226. The highest BCUT2D eigenvalue weighted by atomic mass is 32.2. The van der Waals surface area contributed by atoms with Crippen molar-refractivity contribution in [2.45, 2.75) is 13.0 Å². The molecule has 0 radical (unpaired) electrons. The van der Waals surface area contributed by atoms with Crippen molar-refractivity contribution in [3.8, 4) is 0 Å². The van der Waals surface area contributed by atoms with Crippen molar-refractivity contribution in [3.63, 3.8) is 0 Å². The second-order valence-corrected chi connectivity index (χ2v) is 6.50. The predicted molar refractivity (Wildman–Crippen MR) is 81.6 cm³/mol. The first kappa shape index (κ1) is 14.6. The number of aryl methyl sites for hydroxylation is 1. The van der Waals surface area contributed by atoms with Gasteiger partial charge >= 0.3 is 0 Å². The van der Waals surface area contributed by atoms with Gasteiger partial charge in [-0.25, -0.2) is 13.1 Å². The maximum absolute atomic E-state index is 11.9. The van der Waals surface area contributed by atoms with Crippen LogP contribution in [0.25, 0.3) is 0 Å². The molecule has 0 fully saturated rings. The maximum atomic E-state index is 11.9. The quantitative estimate of drug-likeness (QED) is 0.799. The third-order valence-corrected chi connectivity index (χ3v) is 4.37. The number of para-hydroxylation sites is 1. The minimum Gasteiger partial charge on any atom is -0.398 e. The lowest BCUT2D eigenvalue weighted by Crippen LogP contribution is -2.27. The van der Waals surface area contributed by atoms with E-state index in [1.807, 2.05) is 48.5 Å². The summed E-state index contributed by atoms with van der Waals surface area (Å²) in [5.41, 5.74) is 8.17. The molecule has 0 spiro atoms. The standard InChI is InChI=1S/C15H18N2O2S/c16-15-9-5-4-8-14(15)12-17-20(18,19)11-10-13-6-2-1-3-7-13/h1-9,17H,10-12,16H2. The average molecular weight is 290 g/mol. The number of hydrogen-bond acceptors (Lipinski definition) is 3. The zero-order chi connectivity index (χ0) is 14.4. The largest absolute Gasteiger partial charge is 0.398 e. The van der Waals surface area contributed by atoms with Crippen LogP contribution >= 0.6 is 0 Å². The Morgan fingerprint density at radius 3 is 2.30 bits per heavy atom. The van der Waals surface area contributed by atoms with Gasteiger partial charge in [-0.05, 0) is 23.6 Å². The zero-order valence-electron chi connectivity index (χ0n) is 11.1. The number of hydrogen-bond donors (Lipinski definition) is 2. The Morgan fingerprint density at radius 1 is 0.950 bits per heavy atom. The molecule has 0 atom stereocenters. The van der Waals surface area contributed by atoms with Crippen molar-refractivity contribution < 1.29 is 8.42 Å². The lowest BCUT2D eigenvalue weighted by Gasteiger charge is -2.08. The summed E-state index contributed by atoms with van der Waals surface area (Å²) < 4.78 is 26.5. The second-order valence-electron chi connectivity index (χ2n) is 4.57. The summed E-state index contributed by atoms with van der Waals surface area (Å²) in [7, 11) is -3.30. The van der Waals surface area contributed by atoms with E-state index in [2.05, 4.69) is 4.72 Å². The SMILES string of the molecule is Nc1ccccc1CNS(=O)(=O)CCc1ccccc1. The smallest absolute Gasteiger partial charge is 0.212 e. The van der Waals surface area contributed by atoms with E-state index in [0.29, 0.717) is 12.1 Å². The first-order chi connectivity index (χ1) is 9.57. The Labute approximate surface area is 119 Å². The number of sulfonamides is 1. The third kappa shape index (κ3) is 4.36. The van der Waals surface area contributed by atoms with Gasteiger partial charge in [0.15, 0.2) is 0 Å². The van der Waals surface area contributed by atoms with Gasteiger partial charge in [0, 0.05) is 12.2 Å². The van der Waals surface area contributed by atoms with Crippen LogP contribution in [-0.4, -0.2) is 14.2 Å². The molecule has 0 aliphatic carbocycles. The molecule has 0 unspecified atom stereocenters. The molecule has 0 saturated carbocycles. The summed E-state index contributed by atoms with van der Waals surface area (Å²) in [5.74, 6) is 0.0732. The molecular formula is C15H18N2O2S. The van der Waals surface area contributed by atoms with Crippen molar-refractivity contribution in [1.29, 1.82) is 0 Å². The first-order valence-corrected chi connectivity index (χ1v) is 8.07. The highest BCUT2D eigenvalue weighted by molar-refractivity contribution is 7.89. The molecule has 20 heavy (non-hydrogen) atoms. The normalized spacial score (nSPS) is 11.4. The van der Waals surface area contributed by atoms with Gasteiger partial charge < -0.3 is 5.73 Å². The molecule has 0 bridgehead atoms. The van der Waals surface area contributed by atoms with Crippen LogP contribution in [0.5, 0.6) is 0 Å². The molecule has 0 aliphatic heterocycles. The minimum absolute atomic E-state index is 0.0732. The number of anilines is 1. The summed E-state index contributed by atoms with van der Waals surface area (Å²) in [6, 6.07) is 16.8. The molecule has 3 N–H and O–H groups in total. The van der Waals surface area contributed by atoms with E-state index in [4.69, 9.17) is 5.73 Å². The number of nitrogens with two attached hydrogens (primary N) is 1. The highest BCUT2D eigenvalue weighted by Crippen LogP contribution is 2.10. The molecular weight excluding hydrogens is 272 g/mol. The van der Waals surface area contributed by atoms with Gasteiger partial charge in [-0.15, -0.1) is 0 Å². The number of benzene rings is 2. The van der Waals surface area contributed by atoms with E-state index in [9.17, 15) is 8.42 Å². The van der Waals surface area contributed by atoms with Crippen molar-refractivity contribution >= 4 is 15.7 Å². The number of rotatable bonds is 6. The lowest BCUT2D eigenvalue weighted by atomic mass is 10.2. The molecule has 0 heterocycles. The van der Waals surface area contributed by atoms with Crippen LogP contribution < -0.4 is 10.5 Å². The summed E-state index contributed by atoms with van der Waals surface area (Å²) in [5, 5.41) is 0. The van der Waals surface area contributed by atoms with Crippen LogP contribution in [0.4, 0.5) is 5.69 Å². The Hall–Kier alpha value is -1.85. The van der Waals surface area contributed by atoms with E-state index < -0.39 is 10.0 Å². The van der Waals surface area contributed by atoms with E-state index >= 15 is 0 Å². The molecule has 0 aromatic heterocycles. The van der Waals surface area contributed by atoms with Crippen LogP contribution in [0, 0.1) is 0 Å². The fourth-order valence-corrected chi connectivity index (χ4v) is 2.88. The minimum atomic E-state index is -3.30. The second kappa shape index (κ2) is 6.54. The summed E-state index contributed by atoms with van der Waals surface area (Å²) in [6.07, 6.45) is 0.500. The van der Waals surface area contributed by atoms with Crippen molar-refractivity contribution in [2.24, 2.45) is 0 Å². The Bertz CT molecular complexity index is 655. The predicted octanol–water partition coefficient (Wildman–Crippen LogP) is 1.93. The molecule has 2 aromatic carbocycles. The lowest BCUT2D eigenvalue weighted by molar-refractivity contribution is 0.580. The van der Waals surface area contributed by atoms with Gasteiger partial charge in [-0.2, -0.15) is 0 Å². The monoisotopic (exact) mass is 290 g/mol. The number of nitrogens with one attached hydrogen (secondary N) is 1. The molecule has 0 amide bonds. The molecule has 4 nitrogen and oxygen atoms in total. The summed E-state index contributed by atoms with van der Waals surface area (Å²) in [4.78, 5) is 0. The van der Waals surface area contributed by atoms with Crippen molar-refractivity contribution in [1.82, 2.24) is 4.72 Å². The van der Waals surface area contributed by atoms with Crippen LogP contribution in [-0.2, 0) is 23.0 Å². The molecule has 0 aliphatic rings. The number of nitrogen functional groups attached to an aromatic ring is 1. The van der Waals surface area contributed by atoms with Gasteiger partial charge in [0.2, 0.25) is 10.0 Å². The van der Waals surface area contributed by atoms with E-state index in [1.165, 1.54) is 0 Å². The van der Waals surface area contributed by atoms with E-state index in [1.54, 1.807) is 6.07 Å². The Kier molecular flexibility index (Phi) is 4.76. The topological polar surface area (TPSA) is 72.2 Å². The zero-order valence-corrected chi connectivity index (χ0v) is 11.9. The fourth-order valence-electron chi connectivity index (χ4n) is 1.85. The fraction of sp³-hybridized carbons (Fsp3) is 0.200. The third-order valence-electron chi connectivity index (χ3n) is 3.04. The van der Waals surface area contributed by atoms with E-state index in [0.717, 1.165) is 11.1 Å². The highest BCUT2D eigenvalue weighted by Gasteiger charge is 2.10. The van der Waals surface area contributed by atoms with E-state index in [-0.39, 0.29) is 12.3 Å². The van der Waals surface area contributed by atoms with Gasteiger partial charge in [0.1, 0.15) is 0 Å². The molecule has 2 aromatic rings. The Balaban J connectivity index is 1.90. The van der Waals surface area contributed by atoms with Crippen molar-refractivity contribution in [2.75, 3.05) is 11.5 Å². The summed E-state index contributed by atoms with van der Waals surface area (Å²) >= 11 is 0. The van der Waals surface area contributed by atoms with Crippen LogP contribution in [0.1, 0.15) is 11.1 Å². The van der Waals surface area contributed by atoms with Crippen LogP contribution in [0.15, 0.2) is 54.6 Å².